The molecular formula is C47H56N2O2S2. The fourth-order valence-electron chi connectivity index (χ4n) is 8.81. The molecule has 2 atom stereocenters. The molecule has 6 heteroatoms. The van der Waals surface area contributed by atoms with Gasteiger partial charge in [0.25, 0.3) is 0 Å². The van der Waals surface area contributed by atoms with Crippen LogP contribution in [0, 0.1) is 0 Å². The van der Waals surface area contributed by atoms with Crippen molar-refractivity contribution in [1.82, 2.24) is 9.80 Å². The van der Waals surface area contributed by atoms with Gasteiger partial charge in [0.1, 0.15) is 11.5 Å². The van der Waals surface area contributed by atoms with E-state index in [9.17, 15) is 5.11 Å². The summed E-state index contributed by atoms with van der Waals surface area (Å²) in [5, 5.41) is 17.8. The van der Waals surface area contributed by atoms with Gasteiger partial charge in [-0.3, -0.25) is 9.80 Å². The van der Waals surface area contributed by atoms with Gasteiger partial charge < -0.3 is 9.84 Å². The lowest BCUT2D eigenvalue weighted by atomic mass is 9.86. The van der Waals surface area contributed by atoms with Gasteiger partial charge >= 0.3 is 0 Å². The number of aromatic hydroxyl groups is 1. The molecule has 278 valence electrons. The van der Waals surface area contributed by atoms with Crippen LogP contribution in [0.1, 0.15) is 72.9 Å². The quantitative estimate of drug-likeness (QED) is 0.128. The highest BCUT2D eigenvalue weighted by molar-refractivity contribution is 7.17. The molecule has 2 aromatic heterocycles. The summed E-state index contributed by atoms with van der Waals surface area (Å²) in [5.74, 6) is 1.55. The summed E-state index contributed by atoms with van der Waals surface area (Å²) in [7, 11) is 1.80. The Kier molecular flexibility index (Phi) is 12.8. The van der Waals surface area contributed by atoms with Crippen LogP contribution in [0.25, 0.3) is 20.2 Å². The molecular weight excluding hydrogens is 689 g/mol. The lowest BCUT2D eigenvalue weighted by Crippen LogP contribution is -2.41. The summed E-state index contributed by atoms with van der Waals surface area (Å²) < 4.78 is 8.45. The van der Waals surface area contributed by atoms with E-state index in [4.69, 9.17) is 4.74 Å². The highest BCUT2D eigenvalue weighted by atomic mass is 32.1. The van der Waals surface area contributed by atoms with Crippen LogP contribution in [0.3, 0.4) is 0 Å². The number of fused-ring (bicyclic) bond motifs is 4. The van der Waals surface area contributed by atoms with E-state index >= 15 is 0 Å². The van der Waals surface area contributed by atoms with Crippen LogP contribution in [0.2, 0.25) is 0 Å². The average molecular weight is 745 g/mol. The molecule has 0 bridgehead atoms. The Balaban J connectivity index is 0.000000164. The number of phenols is 1. The molecule has 2 aliphatic carbocycles. The normalized spacial score (nSPS) is 16.8. The first-order chi connectivity index (χ1) is 26.1. The summed E-state index contributed by atoms with van der Waals surface area (Å²) in [6.45, 7) is 9.12. The predicted octanol–water partition coefficient (Wildman–Crippen LogP) is 11.1. The third-order valence-corrected chi connectivity index (χ3v) is 13.6. The highest BCUT2D eigenvalue weighted by Gasteiger charge is 2.27. The Morgan fingerprint density at radius 3 is 1.68 bits per heavy atom. The van der Waals surface area contributed by atoms with Crippen molar-refractivity contribution in [1.29, 1.82) is 0 Å². The molecule has 1 N–H and O–H groups in total. The monoisotopic (exact) mass is 744 g/mol. The predicted molar refractivity (Wildman–Crippen MR) is 228 cm³/mol. The Morgan fingerprint density at radius 2 is 1.13 bits per heavy atom. The second kappa shape index (κ2) is 18.1. The minimum Gasteiger partial charge on any atom is -0.508 e. The molecule has 2 aliphatic rings. The van der Waals surface area contributed by atoms with Gasteiger partial charge in [-0.15, -0.1) is 22.7 Å². The SMILES string of the molecule is CCCN(CCc1csc2ccccc12)C1CCc2cccc(O)c2C1.CCCN(CCc1csc2ccccc12)C1CCc2cccc(OC)c2C1. The first-order valence-electron chi connectivity index (χ1n) is 19.9. The smallest absolute Gasteiger partial charge is 0.122 e. The van der Waals surface area contributed by atoms with E-state index in [-0.39, 0.29) is 0 Å². The van der Waals surface area contributed by atoms with Crippen molar-refractivity contribution in [3.8, 4) is 11.5 Å². The third kappa shape index (κ3) is 8.84. The minimum atomic E-state index is 0.479. The number of phenolic OH excluding ortho intramolecular Hbond substituents is 1. The van der Waals surface area contributed by atoms with Crippen molar-refractivity contribution in [2.45, 2.75) is 90.1 Å². The molecule has 0 aliphatic heterocycles. The summed E-state index contributed by atoms with van der Waals surface area (Å²) in [5.41, 5.74) is 8.40. The number of rotatable bonds is 13. The van der Waals surface area contributed by atoms with Crippen LogP contribution in [-0.2, 0) is 38.5 Å². The van der Waals surface area contributed by atoms with Crippen molar-refractivity contribution in [3.05, 3.63) is 129 Å². The molecule has 4 nitrogen and oxygen atoms in total. The minimum absolute atomic E-state index is 0.479. The van der Waals surface area contributed by atoms with E-state index in [2.05, 4.69) is 107 Å². The van der Waals surface area contributed by atoms with Crippen molar-refractivity contribution in [3.63, 3.8) is 0 Å². The number of hydrogen-bond acceptors (Lipinski definition) is 6. The molecule has 0 spiro atoms. The molecule has 4 aromatic carbocycles. The number of methoxy groups -OCH3 is 1. The Hall–Kier alpha value is -3.68. The average Bonchev–Trinajstić information content (AvgIpc) is 3.82. The lowest BCUT2D eigenvalue weighted by molar-refractivity contribution is 0.180. The van der Waals surface area contributed by atoms with Crippen LogP contribution >= 0.6 is 22.7 Å². The third-order valence-electron chi connectivity index (χ3n) is 11.6. The Labute approximate surface area is 325 Å². The molecule has 8 rings (SSSR count). The summed E-state index contributed by atoms with van der Waals surface area (Å²) in [6, 6.07) is 31.2. The van der Waals surface area contributed by atoms with Gasteiger partial charge in [-0.1, -0.05) is 74.5 Å². The van der Waals surface area contributed by atoms with E-state index in [0.29, 0.717) is 17.8 Å². The van der Waals surface area contributed by atoms with Crippen molar-refractivity contribution >= 4 is 42.8 Å². The summed E-state index contributed by atoms with van der Waals surface area (Å²) >= 11 is 3.73. The maximum absolute atomic E-state index is 10.3. The molecule has 53 heavy (non-hydrogen) atoms. The van der Waals surface area contributed by atoms with E-state index in [1.165, 1.54) is 92.2 Å². The summed E-state index contributed by atoms with van der Waals surface area (Å²) in [6.07, 6.45) is 11.4. The Bertz CT molecular complexity index is 2070. The molecule has 0 amide bonds. The fraction of sp³-hybridized carbons (Fsp3) is 0.404. The number of nitrogens with zero attached hydrogens (tertiary/aromatic N) is 2. The van der Waals surface area contributed by atoms with Crippen molar-refractivity contribution < 1.29 is 9.84 Å². The Morgan fingerprint density at radius 1 is 0.623 bits per heavy atom. The van der Waals surface area contributed by atoms with E-state index < -0.39 is 0 Å². The zero-order valence-electron chi connectivity index (χ0n) is 31.9. The standard InChI is InChI=1S/C24H29NOS.C23H27NOS/c1-3-14-25(15-13-19-17-27-24-10-5-4-8-21(19)24)20-12-11-18-7-6-9-23(26-2)22(18)16-20;1-2-13-24(14-12-18-16-26-23-9-4-3-7-20(18)23)19-11-10-17-6-5-8-22(25)21(17)15-19/h4-10,17,20H,3,11-16H2,1-2H3;3-9,16,19,25H,2,10-15H2,1H3. The maximum Gasteiger partial charge on any atom is 0.122 e. The van der Waals surface area contributed by atoms with E-state index in [1.807, 2.05) is 34.8 Å². The van der Waals surface area contributed by atoms with E-state index in [1.54, 1.807) is 7.11 Å². The number of thiophene rings is 2. The summed E-state index contributed by atoms with van der Waals surface area (Å²) in [4.78, 5) is 5.38. The zero-order chi connectivity index (χ0) is 36.6. The van der Waals surface area contributed by atoms with Gasteiger partial charge in [-0.25, -0.2) is 0 Å². The molecule has 6 aromatic rings. The molecule has 0 saturated heterocycles. The lowest BCUT2D eigenvalue weighted by Gasteiger charge is -2.35. The first-order valence-corrected chi connectivity index (χ1v) is 21.6. The van der Waals surface area contributed by atoms with Gasteiger partial charge in [-0.05, 0) is 156 Å². The largest absolute Gasteiger partial charge is 0.508 e. The van der Waals surface area contributed by atoms with Gasteiger partial charge in [-0.2, -0.15) is 0 Å². The van der Waals surface area contributed by atoms with Crippen molar-refractivity contribution in [2.24, 2.45) is 0 Å². The molecule has 0 fully saturated rings. The number of aryl methyl sites for hydroxylation is 2. The van der Waals surface area contributed by atoms with Crippen LogP contribution in [-0.4, -0.2) is 60.3 Å². The molecule has 0 saturated carbocycles. The van der Waals surface area contributed by atoms with E-state index in [0.717, 1.165) is 57.5 Å². The molecule has 0 radical (unpaired) electrons. The van der Waals surface area contributed by atoms with Gasteiger partial charge in [0, 0.05) is 34.6 Å². The van der Waals surface area contributed by atoms with Crippen molar-refractivity contribution in [2.75, 3.05) is 33.3 Å². The van der Waals surface area contributed by atoms with Gasteiger partial charge in [0.2, 0.25) is 0 Å². The number of benzene rings is 4. The van der Waals surface area contributed by atoms with Crippen LogP contribution in [0.5, 0.6) is 11.5 Å². The topological polar surface area (TPSA) is 35.9 Å². The van der Waals surface area contributed by atoms with Crippen LogP contribution in [0.15, 0.2) is 95.7 Å². The van der Waals surface area contributed by atoms with Crippen LogP contribution < -0.4 is 4.74 Å². The fourth-order valence-corrected chi connectivity index (χ4v) is 10.8. The second-order valence-corrected chi connectivity index (χ2v) is 16.7. The highest BCUT2D eigenvalue weighted by Crippen LogP contribution is 2.34. The van der Waals surface area contributed by atoms with Gasteiger partial charge in [0.05, 0.1) is 7.11 Å². The first kappa shape index (κ1) is 37.6. The number of ether oxygens (including phenoxy) is 1. The molecule has 2 heterocycles. The molecule has 2 unspecified atom stereocenters. The maximum atomic E-state index is 10.3. The number of hydrogen-bond donors (Lipinski definition) is 1. The zero-order valence-corrected chi connectivity index (χ0v) is 33.5. The second-order valence-electron chi connectivity index (χ2n) is 14.9. The van der Waals surface area contributed by atoms with Crippen LogP contribution in [0.4, 0.5) is 0 Å². The van der Waals surface area contributed by atoms with Gasteiger partial charge in [0.15, 0.2) is 0 Å².